The van der Waals surface area contributed by atoms with Crippen molar-refractivity contribution in [2.75, 3.05) is 0 Å². The van der Waals surface area contributed by atoms with Gasteiger partial charge in [0.15, 0.2) is 0 Å². The second kappa shape index (κ2) is 9.68. The highest BCUT2D eigenvalue weighted by Crippen LogP contribution is 2.42. The van der Waals surface area contributed by atoms with Crippen molar-refractivity contribution in [3.8, 4) is 11.8 Å². The molecule has 2 aliphatic rings. The van der Waals surface area contributed by atoms with Crippen LogP contribution in [0.25, 0.3) is 0 Å². The lowest BCUT2D eigenvalue weighted by atomic mass is 9.90. The van der Waals surface area contributed by atoms with Crippen molar-refractivity contribution in [3.63, 3.8) is 0 Å². The molecule has 0 bridgehead atoms. The minimum atomic E-state index is -1.04. The van der Waals surface area contributed by atoms with E-state index in [2.05, 4.69) is 11.8 Å². The van der Waals surface area contributed by atoms with Gasteiger partial charge in [-0.05, 0) is 70.7 Å². The molecule has 0 saturated heterocycles. The van der Waals surface area contributed by atoms with E-state index in [1.165, 1.54) is 11.8 Å². The Labute approximate surface area is 192 Å². The molecule has 1 atom stereocenters. The monoisotopic (exact) mass is 461 g/mol. The Morgan fingerprint density at radius 2 is 1.74 bits per heavy atom. The van der Waals surface area contributed by atoms with Gasteiger partial charge in [0.1, 0.15) is 4.91 Å². The first-order valence-electron chi connectivity index (χ1n) is 10.5. The summed E-state index contributed by atoms with van der Waals surface area (Å²) >= 11 is 7.20. The zero-order chi connectivity index (χ0) is 22.8. The number of aliphatic hydroxyl groups excluding tert-OH is 1. The summed E-state index contributed by atoms with van der Waals surface area (Å²) in [5, 5.41) is 20.1. The number of amides is 1. The van der Waals surface area contributed by atoms with Crippen LogP contribution in [0.4, 0.5) is 0 Å². The number of benzene rings is 1. The molecular weight excluding hydrogens is 434 g/mol. The molecular formula is C24H28ClNO4S. The molecule has 31 heavy (non-hydrogen) atoms. The molecule has 0 aromatic heterocycles. The molecule has 1 aromatic rings. The number of allylic oxidation sites excluding steroid dienone is 1. The molecule has 1 aliphatic heterocycles. The van der Waals surface area contributed by atoms with Gasteiger partial charge in [-0.2, -0.15) is 0 Å². The van der Waals surface area contributed by atoms with E-state index in [0.29, 0.717) is 48.4 Å². The summed E-state index contributed by atoms with van der Waals surface area (Å²) in [6.45, 7) is 6.03. The maximum atomic E-state index is 13.6. The predicted octanol–water partition coefficient (Wildman–Crippen LogP) is 4.94. The molecule has 1 heterocycles. The lowest BCUT2D eigenvalue weighted by molar-refractivity contribution is -0.131. The number of carbonyl (C=O) groups excluding carboxylic acids is 1. The van der Waals surface area contributed by atoms with Crippen LogP contribution in [0.2, 0.25) is 5.02 Å². The van der Waals surface area contributed by atoms with E-state index in [-0.39, 0.29) is 33.6 Å². The van der Waals surface area contributed by atoms with Crippen LogP contribution in [0.1, 0.15) is 63.2 Å². The molecule has 3 rings (SSSR count). The fourth-order valence-corrected chi connectivity index (χ4v) is 5.02. The van der Waals surface area contributed by atoms with Crippen molar-refractivity contribution in [2.45, 2.75) is 70.3 Å². The number of nitrogens with zero attached hydrogens (tertiary/aromatic N) is 1. The van der Waals surface area contributed by atoms with E-state index < -0.39 is 5.97 Å². The van der Waals surface area contributed by atoms with Crippen molar-refractivity contribution >= 4 is 35.2 Å². The number of hydrogen-bond acceptors (Lipinski definition) is 4. The van der Waals surface area contributed by atoms with E-state index in [4.69, 9.17) is 11.6 Å². The standard InChI is InChI=1S/C24H28ClNO4S/c1-24(2,3)13-12-19-14-20(21(31-19)23(29)30)26(17-8-10-18(27)11-9-17)22(28)15-4-6-16(25)7-5-15/h4-7,17-19,27H,8-11,14H2,1-3H3,(H,29,30). The molecule has 166 valence electrons. The Morgan fingerprint density at radius 1 is 1.13 bits per heavy atom. The SMILES string of the molecule is CC(C)(C)C#CC1CC(N(C(=O)c2ccc(Cl)cc2)C2CCC(O)CC2)=C(C(=O)O)S1. The minimum absolute atomic E-state index is 0.161. The van der Waals surface area contributed by atoms with Crippen molar-refractivity contribution in [1.29, 1.82) is 0 Å². The molecule has 0 radical (unpaired) electrons. The highest BCUT2D eigenvalue weighted by molar-refractivity contribution is 8.05. The maximum Gasteiger partial charge on any atom is 0.344 e. The van der Waals surface area contributed by atoms with Crippen LogP contribution in [0.3, 0.4) is 0 Å². The van der Waals surface area contributed by atoms with E-state index >= 15 is 0 Å². The van der Waals surface area contributed by atoms with Crippen LogP contribution in [0.15, 0.2) is 34.9 Å². The molecule has 1 fully saturated rings. The summed E-state index contributed by atoms with van der Waals surface area (Å²) in [6.07, 6.45) is 2.45. The maximum absolute atomic E-state index is 13.6. The first kappa shape index (κ1) is 23.7. The van der Waals surface area contributed by atoms with Crippen LogP contribution in [0.5, 0.6) is 0 Å². The van der Waals surface area contributed by atoms with Crippen molar-refractivity contribution in [3.05, 3.63) is 45.5 Å². The van der Waals surface area contributed by atoms with Gasteiger partial charge >= 0.3 is 5.97 Å². The number of halogens is 1. The van der Waals surface area contributed by atoms with Crippen LogP contribution in [0, 0.1) is 17.3 Å². The molecule has 1 aliphatic carbocycles. The van der Waals surface area contributed by atoms with E-state index in [1.54, 1.807) is 29.2 Å². The number of carboxylic acid groups (broad SMARTS) is 1. The smallest absolute Gasteiger partial charge is 0.344 e. The van der Waals surface area contributed by atoms with Gasteiger partial charge in [0.25, 0.3) is 5.91 Å². The highest BCUT2D eigenvalue weighted by Gasteiger charge is 2.38. The van der Waals surface area contributed by atoms with Gasteiger partial charge in [-0.3, -0.25) is 4.79 Å². The second-order valence-electron chi connectivity index (χ2n) is 9.06. The first-order valence-corrected chi connectivity index (χ1v) is 11.7. The summed E-state index contributed by atoms with van der Waals surface area (Å²) in [6, 6.07) is 6.48. The normalized spacial score (nSPS) is 23.8. The van der Waals surface area contributed by atoms with Gasteiger partial charge < -0.3 is 15.1 Å². The number of thioether (sulfide) groups is 1. The summed E-state index contributed by atoms with van der Waals surface area (Å²) in [5.41, 5.74) is 0.791. The average molecular weight is 462 g/mol. The quantitative estimate of drug-likeness (QED) is 0.621. The zero-order valence-electron chi connectivity index (χ0n) is 18.0. The van der Waals surface area contributed by atoms with Gasteiger partial charge in [-0.1, -0.05) is 35.2 Å². The van der Waals surface area contributed by atoms with Crippen LogP contribution >= 0.6 is 23.4 Å². The molecule has 1 unspecified atom stereocenters. The molecule has 7 heteroatoms. The topological polar surface area (TPSA) is 77.8 Å². The first-order chi connectivity index (χ1) is 14.5. The number of carboxylic acids is 1. The Kier molecular flexibility index (Phi) is 7.41. The Bertz CT molecular complexity index is 931. The second-order valence-corrected chi connectivity index (χ2v) is 10.7. The zero-order valence-corrected chi connectivity index (χ0v) is 19.6. The Balaban J connectivity index is 1.98. The summed E-state index contributed by atoms with van der Waals surface area (Å²) < 4.78 is 0. The third-order valence-electron chi connectivity index (χ3n) is 5.34. The number of aliphatic hydroxyl groups is 1. The summed E-state index contributed by atoms with van der Waals surface area (Å²) in [5.74, 6) is 5.12. The van der Waals surface area contributed by atoms with Gasteiger partial charge in [-0.15, -0.1) is 0 Å². The van der Waals surface area contributed by atoms with E-state index in [0.717, 1.165) is 0 Å². The van der Waals surface area contributed by atoms with Crippen LogP contribution < -0.4 is 0 Å². The van der Waals surface area contributed by atoms with Crippen molar-refractivity contribution in [1.82, 2.24) is 4.90 Å². The van der Waals surface area contributed by atoms with Crippen LogP contribution in [-0.4, -0.2) is 44.4 Å². The number of aliphatic carboxylic acids is 1. The Hall–Kier alpha value is -1.94. The van der Waals surface area contributed by atoms with Gasteiger partial charge in [-0.25, -0.2) is 4.79 Å². The molecule has 1 saturated carbocycles. The Morgan fingerprint density at radius 3 is 2.29 bits per heavy atom. The van der Waals surface area contributed by atoms with E-state index in [9.17, 15) is 19.8 Å². The fourth-order valence-electron chi connectivity index (χ4n) is 3.84. The average Bonchev–Trinajstić information content (AvgIpc) is 3.12. The highest BCUT2D eigenvalue weighted by atomic mass is 35.5. The van der Waals surface area contributed by atoms with Gasteiger partial charge in [0.2, 0.25) is 0 Å². The lowest BCUT2D eigenvalue weighted by Gasteiger charge is -2.37. The molecule has 5 nitrogen and oxygen atoms in total. The minimum Gasteiger partial charge on any atom is -0.477 e. The van der Waals surface area contributed by atoms with Gasteiger partial charge in [0, 0.05) is 34.2 Å². The molecule has 0 spiro atoms. The number of hydrogen-bond donors (Lipinski definition) is 2. The van der Waals surface area contributed by atoms with Gasteiger partial charge in [0.05, 0.1) is 11.4 Å². The van der Waals surface area contributed by atoms with Crippen molar-refractivity contribution in [2.24, 2.45) is 5.41 Å². The van der Waals surface area contributed by atoms with Crippen LogP contribution in [-0.2, 0) is 4.79 Å². The fraction of sp³-hybridized carbons (Fsp3) is 0.500. The largest absolute Gasteiger partial charge is 0.477 e. The molecule has 1 amide bonds. The molecule has 2 N–H and O–H groups in total. The lowest BCUT2D eigenvalue weighted by Crippen LogP contribution is -2.43. The summed E-state index contributed by atoms with van der Waals surface area (Å²) in [7, 11) is 0. The number of rotatable bonds is 4. The van der Waals surface area contributed by atoms with Crippen molar-refractivity contribution < 1.29 is 19.8 Å². The van der Waals surface area contributed by atoms with E-state index in [1.807, 2.05) is 20.8 Å². The third kappa shape index (κ3) is 6.06. The molecule has 1 aromatic carbocycles. The number of carbonyl (C=O) groups is 2. The third-order valence-corrected chi connectivity index (χ3v) is 6.80. The predicted molar refractivity (Wildman–Crippen MR) is 124 cm³/mol. The summed E-state index contributed by atoms with van der Waals surface area (Å²) in [4.78, 5) is 27.5.